The van der Waals surface area contributed by atoms with Crippen LogP contribution in [0.3, 0.4) is 0 Å². The van der Waals surface area contributed by atoms with Crippen molar-refractivity contribution in [2.24, 2.45) is 0 Å². The van der Waals surface area contributed by atoms with Crippen LogP contribution in [-0.4, -0.2) is 19.4 Å². The third-order valence-corrected chi connectivity index (χ3v) is 4.01. The number of para-hydroxylation sites is 2. The van der Waals surface area contributed by atoms with E-state index in [9.17, 15) is 0 Å². The van der Waals surface area contributed by atoms with Gasteiger partial charge in [-0.25, -0.2) is 9.97 Å². The van der Waals surface area contributed by atoms with E-state index >= 15 is 0 Å². The molecule has 0 N–H and O–H groups in total. The Labute approximate surface area is 134 Å². The van der Waals surface area contributed by atoms with E-state index in [0.717, 1.165) is 28.0 Å². The first-order valence-electron chi connectivity index (χ1n) is 7.73. The minimum atomic E-state index is 0.0523. The maximum Gasteiger partial charge on any atom is 0.235 e. The SMILES string of the molecule is CC(C)(C)c1ccc(-c2ccn3c(n2)nc2ccccc23)cn1. The molecule has 0 aliphatic heterocycles. The van der Waals surface area contributed by atoms with Crippen LogP contribution in [0.4, 0.5) is 0 Å². The predicted octanol–water partition coefficient (Wildman–Crippen LogP) is 4.24. The average Bonchev–Trinajstić information content (AvgIpc) is 2.92. The Kier molecular flexibility index (Phi) is 2.94. The van der Waals surface area contributed by atoms with E-state index in [2.05, 4.69) is 53.9 Å². The smallest absolute Gasteiger partial charge is 0.235 e. The van der Waals surface area contributed by atoms with E-state index in [1.54, 1.807) is 0 Å². The first-order valence-corrected chi connectivity index (χ1v) is 7.73. The van der Waals surface area contributed by atoms with E-state index in [1.165, 1.54) is 0 Å². The van der Waals surface area contributed by atoms with E-state index in [0.29, 0.717) is 5.78 Å². The fraction of sp³-hybridized carbons (Fsp3) is 0.211. The molecule has 3 heterocycles. The molecule has 114 valence electrons. The summed E-state index contributed by atoms with van der Waals surface area (Å²) in [6.07, 6.45) is 3.91. The van der Waals surface area contributed by atoms with Crippen molar-refractivity contribution in [3.8, 4) is 11.3 Å². The van der Waals surface area contributed by atoms with Crippen LogP contribution in [0.15, 0.2) is 54.9 Å². The van der Waals surface area contributed by atoms with Gasteiger partial charge < -0.3 is 0 Å². The van der Waals surface area contributed by atoms with Gasteiger partial charge in [0.1, 0.15) is 0 Å². The number of rotatable bonds is 1. The van der Waals surface area contributed by atoms with Gasteiger partial charge in [-0.3, -0.25) is 9.38 Å². The highest BCUT2D eigenvalue weighted by molar-refractivity contribution is 5.79. The van der Waals surface area contributed by atoms with E-state index in [-0.39, 0.29) is 5.41 Å². The summed E-state index contributed by atoms with van der Waals surface area (Å²) in [5.74, 6) is 0.712. The van der Waals surface area contributed by atoms with E-state index < -0.39 is 0 Å². The summed E-state index contributed by atoms with van der Waals surface area (Å²) in [4.78, 5) is 13.9. The molecular weight excluding hydrogens is 284 g/mol. The van der Waals surface area contributed by atoms with Gasteiger partial charge in [0.05, 0.1) is 16.7 Å². The van der Waals surface area contributed by atoms with Crippen molar-refractivity contribution in [2.75, 3.05) is 0 Å². The summed E-state index contributed by atoms with van der Waals surface area (Å²) >= 11 is 0. The molecular formula is C19H18N4. The second kappa shape index (κ2) is 4.88. The second-order valence-corrected chi connectivity index (χ2v) is 6.77. The molecule has 0 saturated heterocycles. The molecule has 0 spiro atoms. The zero-order chi connectivity index (χ0) is 16.0. The van der Waals surface area contributed by atoms with Gasteiger partial charge in [0.15, 0.2) is 0 Å². The highest BCUT2D eigenvalue weighted by Crippen LogP contribution is 2.24. The third-order valence-electron chi connectivity index (χ3n) is 4.01. The largest absolute Gasteiger partial charge is 0.284 e. The Morgan fingerprint density at radius 2 is 1.74 bits per heavy atom. The lowest BCUT2D eigenvalue weighted by Crippen LogP contribution is -2.12. The molecule has 0 bridgehead atoms. The highest BCUT2D eigenvalue weighted by Gasteiger charge is 2.15. The van der Waals surface area contributed by atoms with Crippen molar-refractivity contribution in [1.82, 2.24) is 19.4 Å². The second-order valence-electron chi connectivity index (χ2n) is 6.77. The van der Waals surface area contributed by atoms with Crippen LogP contribution >= 0.6 is 0 Å². The first-order chi connectivity index (χ1) is 11.0. The number of benzene rings is 1. The predicted molar refractivity (Wildman–Crippen MR) is 92.4 cm³/mol. The number of pyridine rings is 1. The number of nitrogens with zero attached hydrogens (tertiary/aromatic N) is 4. The van der Waals surface area contributed by atoms with Gasteiger partial charge in [-0.15, -0.1) is 0 Å². The first kappa shape index (κ1) is 13.9. The van der Waals surface area contributed by atoms with Crippen LogP contribution in [0.1, 0.15) is 26.5 Å². The number of hydrogen-bond donors (Lipinski definition) is 0. The van der Waals surface area contributed by atoms with Gasteiger partial charge in [0.25, 0.3) is 0 Å². The van der Waals surface area contributed by atoms with Gasteiger partial charge in [-0.05, 0) is 30.3 Å². The van der Waals surface area contributed by atoms with Crippen LogP contribution in [-0.2, 0) is 5.41 Å². The van der Waals surface area contributed by atoms with Crippen LogP contribution < -0.4 is 0 Å². The van der Waals surface area contributed by atoms with Crippen molar-refractivity contribution < 1.29 is 0 Å². The van der Waals surface area contributed by atoms with Crippen molar-refractivity contribution in [3.05, 3.63) is 60.6 Å². The van der Waals surface area contributed by atoms with Crippen molar-refractivity contribution in [1.29, 1.82) is 0 Å². The fourth-order valence-corrected chi connectivity index (χ4v) is 2.70. The number of hydrogen-bond acceptors (Lipinski definition) is 3. The molecule has 0 saturated carbocycles. The number of aromatic nitrogens is 4. The van der Waals surface area contributed by atoms with Crippen molar-refractivity contribution in [2.45, 2.75) is 26.2 Å². The zero-order valence-corrected chi connectivity index (χ0v) is 13.5. The van der Waals surface area contributed by atoms with Gasteiger partial charge in [0.2, 0.25) is 5.78 Å². The standard InChI is InChI=1S/C19H18N4/c1-19(2,3)17-9-8-13(12-20-17)14-10-11-23-16-7-5-4-6-15(16)22-18(23)21-14/h4-12H,1-3H3. The molecule has 0 unspecified atom stereocenters. The molecule has 4 rings (SSSR count). The molecule has 4 aromatic rings. The number of imidazole rings is 1. The molecule has 0 amide bonds. The summed E-state index contributed by atoms with van der Waals surface area (Å²) < 4.78 is 2.01. The summed E-state index contributed by atoms with van der Waals surface area (Å²) in [6, 6.07) is 14.2. The van der Waals surface area contributed by atoms with Crippen molar-refractivity contribution >= 4 is 16.8 Å². The zero-order valence-electron chi connectivity index (χ0n) is 13.5. The average molecular weight is 302 g/mol. The highest BCUT2D eigenvalue weighted by atomic mass is 15.1. The van der Waals surface area contributed by atoms with E-state index in [1.807, 2.05) is 41.1 Å². The summed E-state index contributed by atoms with van der Waals surface area (Å²) in [5, 5.41) is 0. The monoisotopic (exact) mass is 302 g/mol. The molecule has 1 aromatic carbocycles. The van der Waals surface area contributed by atoms with Crippen molar-refractivity contribution in [3.63, 3.8) is 0 Å². The van der Waals surface area contributed by atoms with Gasteiger partial charge in [0, 0.05) is 29.1 Å². The lowest BCUT2D eigenvalue weighted by Gasteiger charge is -2.17. The summed E-state index contributed by atoms with van der Waals surface area (Å²) in [5.41, 5.74) is 5.06. The molecule has 3 aromatic heterocycles. The Balaban J connectivity index is 1.81. The third kappa shape index (κ3) is 2.36. The van der Waals surface area contributed by atoms with E-state index in [4.69, 9.17) is 0 Å². The lowest BCUT2D eigenvalue weighted by molar-refractivity contribution is 0.569. The minimum Gasteiger partial charge on any atom is -0.284 e. The van der Waals surface area contributed by atoms with Gasteiger partial charge in [-0.1, -0.05) is 32.9 Å². The topological polar surface area (TPSA) is 43.1 Å². The normalized spacial score (nSPS) is 12.1. The molecule has 0 fully saturated rings. The minimum absolute atomic E-state index is 0.0523. The Bertz CT molecular complexity index is 991. The van der Waals surface area contributed by atoms with Crippen LogP contribution in [0.25, 0.3) is 28.1 Å². The van der Waals surface area contributed by atoms with Gasteiger partial charge in [-0.2, -0.15) is 0 Å². The Morgan fingerprint density at radius 1 is 0.913 bits per heavy atom. The van der Waals surface area contributed by atoms with Gasteiger partial charge >= 0.3 is 0 Å². The van der Waals surface area contributed by atoms with Crippen LogP contribution in [0.5, 0.6) is 0 Å². The molecule has 4 heteroatoms. The van der Waals surface area contributed by atoms with Crippen LogP contribution in [0.2, 0.25) is 0 Å². The molecule has 4 nitrogen and oxygen atoms in total. The maximum absolute atomic E-state index is 4.69. The molecule has 0 aliphatic rings. The number of fused-ring (bicyclic) bond motifs is 3. The molecule has 0 radical (unpaired) electrons. The quantitative estimate of drug-likeness (QED) is 0.528. The lowest BCUT2D eigenvalue weighted by atomic mass is 9.91. The Morgan fingerprint density at radius 3 is 2.48 bits per heavy atom. The Hall–Kier alpha value is -2.75. The summed E-state index contributed by atoms with van der Waals surface area (Å²) in [6.45, 7) is 6.49. The molecule has 23 heavy (non-hydrogen) atoms. The fourth-order valence-electron chi connectivity index (χ4n) is 2.70. The van der Waals surface area contributed by atoms with Crippen LogP contribution in [0, 0.1) is 0 Å². The molecule has 0 atom stereocenters. The summed E-state index contributed by atoms with van der Waals surface area (Å²) in [7, 11) is 0. The maximum atomic E-state index is 4.69. The molecule has 0 aliphatic carbocycles.